The average Bonchev–Trinajstić information content (AvgIpc) is 3.06. The highest BCUT2D eigenvalue weighted by atomic mass is 127. The molecular weight excluding hydrogens is 726 g/mol. The maximum Gasteiger partial charge on any atom is 0.411 e. The molecule has 47 heavy (non-hydrogen) atoms. The molecule has 1 saturated heterocycles. The molecule has 0 saturated carbocycles. The minimum absolute atomic E-state index is 0.0637. The Labute approximate surface area is 294 Å². The Balaban J connectivity index is 1.48. The van der Waals surface area contributed by atoms with Crippen LogP contribution >= 0.6 is 34.4 Å². The zero-order chi connectivity index (χ0) is 33.4. The number of alkyl halides is 1. The second-order valence-corrected chi connectivity index (χ2v) is 14.9. The van der Waals surface area contributed by atoms with E-state index in [2.05, 4.69) is 95.4 Å². The lowest BCUT2D eigenvalue weighted by molar-refractivity contribution is -0.122. The molecule has 0 aliphatic carbocycles. The third-order valence-corrected chi connectivity index (χ3v) is 10.1. The van der Waals surface area contributed by atoms with Crippen LogP contribution in [0.3, 0.4) is 0 Å². The minimum atomic E-state index is -0.710. The molecule has 9 heteroatoms. The molecule has 0 aromatic heterocycles. The molecule has 2 amide bonds. The van der Waals surface area contributed by atoms with Crippen molar-refractivity contribution in [2.24, 2.45) is 0 Å². The van der Waals surface area contributed by atoms with E-state index in [1.54, 1.807) is 15.9 Å². The lowest BCUT2D eigenvalue weighted by Gasteiger charge is -2.42. The summed E-state index contributed by atoms with van der Waals surface area (Å²) in [6.45, 7) is 4.98. The van der Waals surface area contributed by atoms with Gasteiger partial charge in [-0.3, -0.25) is 9.69 Å². The van der Waals surface area contributed by atoms with Gasteiger partial charge >= 0.3 is 6.09 Å². The van der Waals surface area contributed by atoms with E-state index in [1.807, 2.05) is 62.9 Å². The molecule has 1 atom stereocenters. The van der Waals surface area contributed by atoms with Crippen LogP contribution in [-0.4, -0.2) is 60.7 Å². The number of hydrogen-bond donors (Lipinski definition) is 0. The Morgan fingerprint density at radius 2 is 1.45 bits per heavy atom. The van der Waals surface area contributed by atoms with Gasteiger partial charge in [-0.2, -0.15) is 0 Å². The molecule has 1 fully saturated rings. The highest BCUT2D eigenvalue weighted by Gasteiger charge is 2.40. The third-order valence-electron chi connectivity index (χ3n) is 7.89. The van der Waals surface area contributed by atoms with E-state index in [-0.39, 0.29) is 31.6 Å². The molecule has 1 aliphatic heterocycles. The highest BCUT2D eigenvalue weighted by Crippen LogP contribution is 2.49. The number of carbonyl (C=O) groups excluding carboxylic acids is 2. The summed E-state index contributed by atoms with van der Waals surface area (Å²) in [4.78, 5) is 30.4. The van der Waals surface area contributed by atoms with Gasteiger partial charge in [0, 0.05) is 21.9 Å². The van der Waals surface area contributed by atoms with Crippen LogP contribution in [0.4, 0.5) is 14.9 Å². The Kier molecular flexibility index (Phi) is 11.5. The van der Waals surface area contributed by atoms with E-state index in [9.17, 15) is 14.0 Å². The van der Waals surface area contributed by atoms with Gasteiger partial charge in [0.25, 0.3) is 0 Å². The predicted octanol–water partition coefficient (Wildman–Crippen LogP) is 8.71. The molecule has 4 aromatic carbocycles. The number of ether oxygens (including phenoxy) is 2. The molecule has 5 rings (SSSR count). The van der Waals surface area contributed by atoms with Crippen LogP contribution in [0.5, 0.6) is 5.75 Å². The second-order valence-electron chi connectivity index (χ2n) is 12.4. The van der Waals surface area contributed by atoms with E-state index in [1.165, 1.54) is 0 Å². The van der Waals surface area contributed by atoms with Crippen LogP contribution < -0.4 is 9.64 Å². The fourth-order valence-corrected chi connectivity index (χ4v) is 8.09. The van der Waals surface area contributed by atoms with Gasteiger partial charge in [0.05, 0.1) is 10.8 Å². The zero-order valence-electron chi connectivity index (χ0n) is 26.9. The van der Waals surface area contributed by atoms with Crippen molar-refractivity contribution in [2.45, 2.75) is 43.6 Å². The summed E-state index contributed by atoms with van der Waals surface area (Å²) in [5, 5.41) is 0. The van der Waals surface area contributed by atoms with Gasteiger partial charge in [-0.25, -0.2) is 9.18 Å². The Hall–Kier alpha value is -3.57. The van der Waals surface area contributed by atoms with Gasteiger partial charge in [-0.05, 0) is 84.4 Å². The number of nitrogens with zero attached hydrogens (tertiary/aromatic N) is 2. The Morgan fingerprint density at radius 3 is 1.96 bits per heavy atom. The molecule has 246 valence electrons. The van der Waals surface area contributed by atoms with Crippen LogP contribution in [0.2, 0.25) is 0 Å². The van der Waals surface area contributed by atoms with Gasteiger partial charge in [0.1, 0.15) is 31.2 Å². The fraction of sp³-hybridized carbons (Fsp3) is 0.316. The molecule has 0 bridgehead atoms. The number of thioether (sulfide) groups is 1. The van der Waals surface area contributed by atoms with Crippen molar-refractivity contribution >= 4 is 52.0 Å². The third kappa shape index (κ3) is 8.48. The van der Waals surface area contributed by atoms with Gasteiger partial charge < -0.3 is 14.4 Å². The highest BCUT2D eigenvalue weighted by molar-refractivity contribution is 14.1. The van der Waals surface area contributed by atoms with E-state index in [0.717, 1.165) is 20.3 Å². The minimum Gasteiger partial charge on any atom is -0.491 e. The number of piperazine rings is 1. The summed E-state index contributed by atoms with van der Waals surface area (Å²) in [6.07, 6.45) is 0.104. The zero-order valence-corrected chi connectivity index (χ0v) is 29.9. The SMILES string of the molecule is CC(C)(C)OC(=O)N1CC(=O)N(c2cc(I)cc(OCCF)c2)C[C@@H]1CCSC(c1ccccc1)(c1ccccc1)c1ccccc1. The summed E-state index contributed by atoms with van der Waals surface area (Å²) in [5.41, 5.74) is 3.42. The Bertz CT molecular complexity index is 1540. The quantitative estimate of drug-likeness (QED) is 0.113. The van der Waals surface area contributed by atoms with Crippen molar-refractivity contribution in [1.29, 1.82) is 0 Å². The standard InChI is InChI=1S/C38H40FIN2O4S/c1-37(2,3)46-36(44)42-27-35(43)41(33-23-31(40)24-34(25-33)45-21-20-39)26-32(42)19-22-47-38(28-13-7-4-8-14-28,29-15-9-5-10-16-29)30-17-11-6-12-18-30/h4-18,23-25,32H,19-22,26-27H2,1-3H3/t32-/m0/s1. The molecule has 1 aliphatic rings. The second kappa shape index (κ2) is 15.6. The van der Waals surface area contributed by atoms with Gasteiger partial charge in [-0.1, -0.05) is 91.0 Å². The van der Waals surface area contributed by atoms with Crippen molar-refractivity contribution in [3.05, 3.63) is 129 Å². The van der Waals surface area contributed by atoms with Crippen LogP contribution in [-0.2, 0) is 14.3 Å². The first-order valence-corrected chi connectivity index (χ1v) is 17.8. The number of rotatable bonds is 11. The van der Waals surface area contributed by atoms with Gasteiger partial charge in [0.2, 0.25) is 5.91 Å². The average molecular weight is 767 g/mol. The van der Waals surface area contributed by atoms with E-state index >= 15 is 0 Å². The van der Waals surface area contributed by atoms with Crippen molar-refractivity contribution in [3.8, 4) is 5.75 Å². The van der Waals surface area contributed by atoms with E-state index in [0.29, 0.717) is 23.6 Å². The van der Waals surface area contributed by atoms with E-state index in [4.69, 9.17) is 9.47 Å². The lowest BCUT2D eigenvalue weighted by Crippen LogP contribution is -2.59. The molecule has 0 unspecified atom stereocenters. The Morgan fingerprint density at radius 1 is 0.894 bits per heavy atom. The molecule has 0 N–H and O–H groups in total. The van der Waals surface area contributed by atoms with Crippen molar-refractivity contribution in [3.63, 3.8) is 0 Å². The monoisotopic (exact) mass is 766 g/mol. The summed E-state index contributed by atoms with van der Waals surface area (Å²) in [5.74, 6) is 0.963. The maximum atomic E-state index is 13.6. The molecule has 0 radical (unpaired) electrons. The molecular formula is C38H40FIN2O4S. The molecule has 4 aromatic rings. The number of hydrogen-bond acceptors (Lipinski definition) is 5. The summed E-state index contributed by atoms with van der Waals surface area (Å²) < 4.78 is 24.6. The first-order chi connectivity index (χ1) is 22.6. The van der Waals surface area contributed by atoms with Crippen molar-refractivity contribution < 1.29 is 23.5 Å². The summed E-state index contributed by atoms with van der Waals surface area (Å²) in [7, 11) is 0. The maximum absolute atomic E-state index is 13.6. The van der Waals surface area contributed by atoms with Gasteiger partial charge in [-0.15, -0.1) is 11.8 Å². The van der Waals surface area contributed by atoms with Crippen LogP contribution in [0.15, 0.2) is 109 Å². The predicted molar refractivity (Wildman–Crippen MR) is 196 cm³/mol. The molecule has 1 heterocycles. The van der Waals surface area contributed by atoms with Crippen LogP contribution in [0, 0.1) is 3.57 Å². The first kappa shape index (κ1) is 34.8. The van der Waals surface area contributed by atoms with E-state index < -0.39 is 23.1 Å². The lowest BCUT2D eigenvalue weighted by atomic mass is 9.84. The number of amides is 2. The smallest absolute Gasteiger partial charge is 0.411 e. The van der Waals surface area contributed by atoms with Gasteiger partial charge in [0.15, 0.2) is 0 Å². The van der Waals surface area contributed by atoms with Crippen molar-refractivity contribution in [2.75, 3.05) is 37.0 Å². The number of halogens is 2. The first-order valence-electron chi connectivity index (χ1n) is 15.7. The largest absolute Gasteiger partial charge is 0.491 e. The molecule has 0 spiro atoms. The summed E-state index contributed by atoms with van der Waals surface area (Å²) in [6, 6.07) is 36.7. The van der Waals surface area contributed by atoms with Crippen LogP contribution in [0.1, 0.15) is 43.9 Å². The van der Waals surface area contributed by atoms with Crippen LogP contribution in [0.25, 0.3) is 0 Å². The fourth-order valence-electron chi connectivity index (χ4n) is 5.86. The number of anilines is 1. The molecule has 6 nitrogen and oxygen atoms in total. The normalized spacial score (nSPS) is 15.4. The topological polar surface area (TPSA) is 59.1 Å². The number of carbonyl (C=O) groups is 2. The summed E-state index contributed by atoms with van der Waals surface area (Å²) >= 11 is 3.99. The van der Waals surface area contributed by atoms with Crippen molar-refractivity contribution in [1.82, 2.24) is 4.90 Å². The number of benzene rings is 4.